The van der Waals surface area contributed by atoms with Gasteiger partial charge in [-0.25, -0.2) is 0 Å². The fraction of sp³-hybridized carbons (Fsp3) is 0.308. The van der Waals surface area contributed by atoms with Gasteiger partial charge < -0.3 is 10.6 Å². The smallest absolute Gasteiger partial charge is 0.256 e. The summed E-state index contributed by atoms with van der Waals surface area (Å²) in [7, 11) is 0. The molecule has 0 saturated heterocycles. The van der Waals surface area contributed by atoms with Crippen molar-refractivity contribution in [3.05, 3.63) is 29.3 Å². The Hall–Kier alpha value is -1.95. The number of aryl methyl sites for hydroxylation is 1. The molecule has 1 amide bonds. The molecule has 1 rings (SSSR count). The summed E-state index contributed by atoms with van der Waals surface area (Å²) in [6.07, 6.45) is 5.21. The van der Waals surface area contributed by atoms with Crippen LogP contribution in [0.1, 0.15) is 22.8 Å². The molecule has 0 heterocycles. The van der Waals surface area contributed by atoms with Gasteiger partial charge in [-0.05, 0) is 26.0 Å². The van der Waals surface area contributed by atoms with Crippen molar-refractivity contribution in [1.82, 2.24) is 4.90 Å². The summed E-state index contributed by atoms with van der Waals surface area (Å²) < 4.78 is 0. The zero-order valence-electron chi connectivity index (χ0n) is 9.66. The Balaban J connectivity index is 3.03. The van der Waals surface area contributed by atoms with Gasteiger partial charge in [-0.1, -0.05) is 17.6 Å². The van der Waals surface area contributed by atoms with Gasteiger partial charge in [0.2, 0.25) is 0 Å². The Bertz CT molecular complexity index is 432. The van der Waals surface area contributed by atoms with Crippen molar-refractivity contribution < 1.29 is 4.79 Å². The molecule has 0 aliphatic heterocycles. The first-order valence-corrected chi connectivity index (χ1v) is 5.19. The van der Waals surface area contributed by atoms with Gasteiger partial charge in [0.1, 0.15) is 0 Å². The average molecular weight is 216 g/mol. The number of amides is 1. The normalized spacial score (nSPS) is 9.56. The molecule has 1 aromatic carbocycles. The SMILES string of the molecule is C#CCN(CC)C(=O)c1cc(C)ccc1N. The van der Waals surface area contributed by atoms with Crippen molar-refractivity contribution in [2.45, 2.75) is 13.8 Å². The number of nitrogens with two attached hydrogens (primary N) is 1. The molecule has 16 heavy (non-hydrogen) atoms. The number of nitrogen functional groups attached to an aromatic ring is 1. The lowest BCUT2D eigenvalue weighted by Gasteiger charge is -2.19. The van der Waals surface area contributed by atoms with Crippen molar-refractivity contribution >= 4 is 11.6 Å². The number of nitrogens with zero attached hydrogens (tertiary/aromatic N) is 1. The molecule has 84 valence electrons. The van der Waals surface area contributed by atoms with Crippen LogP contribution in [0.25, 0.3) is 0 Å². The molecule has 0 saturated carbocycles. The van der Waals surface area contributed by atoms with E-state index in [0.29, 0.717) is 24.3 Å². The number of rotatable bonds is 3. The van der Waals surface area contributed by atoms with Gasteiger partial charge in [-0.15, -0.1) is 6.42 Å². The Morgan fingerprint density at radius 3 is 2.81 bits per heavy atom. The van der Waals surface area contributed by atoms with Crippen molar-refractivity contribution in [3.8, 4) is 12.3 Å². The third kappa shape index (κ3) is 2.54. The summed E-state index contributed by atoms with van der Waals surface area (Å²) in [6, 6.07) is 5.41. The zero-order chi connectivity index (χ0) is 12.1. The minimum Gasteiger partial charge on any atom is -0.398 e. The monoisotopic (exact) mass is 216 g/mol. The van der Waals surface area contributed by atoms with Gasteiger partial charge in [-0.3, -0.25) is 4.79 Å². The molecule has 3 heteroatoms. The lowest BCUT2D eigenvalue weighted by atomic mass is 10.1. The van der Waals surface area contributed by atoms with E-state index in [1.54, 1.807) is 17.0 Å². The molecule has 0 radical (unpaired) electrons. The minimum absolute atomic E-state index is 0.110. The maximum Gasteiger partial charge on any atom is 0.256 e. The first-order valence-electron chi connectivity index (χ1n) is 5.19. The molecular weight excluding hydrogens is 200 g/mol. The molecule has 3 nitrogen and oxygen atoms in total. The molecule has 0 aliphatic rings. The largest absolute Gasteiger partial charge is 0.398 e. The predicted molar refractivity (Wildman–Crippen MR) is 66.0 cm³/mol. The van der Waals surface area contributed by atoms with Crippen LogP contribution in [0.5, 0.6) is 0 Å². The quantitative estimate of drug-likeness (QED) is 0.617. The lowest BCUT2D eigenvalue weighted by Crippen LogP contribution is -2.31. The Morgan fingerprint density at radius 1 is 1.56 bits per heavy atom. The molecule has 1 aromatic rings. The van der Waals surface area contributed by atoms with Gasteiger partial charge in [0, 0.05) is 12.2 Å². The number of benzene rings is 1. The van der Waals surface area contributed by atoms with Crippen molar-refractivity contribution in [2.75, 3.05) is 18.8 Å². The van der Waals surface area contributed by atoms with Crippen molar-refractivity contribution in [2.24, 2.45) is 0 Å². The second-order valence-corrected chi connectivity index (χ2v) is 3.61. The van der Waals surface area contributed by atoms with Crippen LogP contribution in [0.4, 0.5) is 5.69 Å². The van der Waals surface area contributed by atoms with Crippen LogP contribution in [-0.2, 0) is 0 Å². The van der Waals surface area contributed by atoms with Gasteiger partial charge in [0.05, 0.1) is 12.1 Å². The van der Waals surface area contributed by atoms with E-state index in [4.69, 9.17) is 12.2 Å². The number of hydrogen-bond donors (Lipinski definition) is 1. The van der Waals surface area contributed by atoms with Crippen LogP contribution in [0.2, 0.25) is 0 Å². The summed E-state index contributed by atoms with van der Waals surface area (Å²) in [6.45, 7) is 4.70. The van der Waals surface area contributed by atoms with E-state index < -0.39 is 0 Å². The maximum atomic E-state index is 12.1. The van der Waals surface area contributed by atoms with Crippen LogP contribution >= 0.6 is 0 Å². The number of anilines is 1. The molecule has 0 unspecified atom stereocenters. The fourth-order valence-corrected chi connectivity index (χ4v) is 1.46. The maximum absolute atomic E-state index is 12.1. The van der Waals surface area contributed by atoms with E-state index in [1.165, 1.54) is 0 Å². The van der Waals surface area contributed by atoms with Gasteiger partial charge in [-0.2, -0.15) is 0 Å². The van der Waals surface area contributed by atoms with Crippen LogP contribution in [0.15, 0.2) is 18.2 Å². The molecule has 0 bridgehead atoms. The zero-order valence-corrected chi connectivity index (χ0v) is 9.66. The second-order valence-electron chi connectivity index (χ2n) is 3.61. The minimum atomic E-state index is -0.110. The van der Waals surface area contributed by atoms with E-state index in [9.17, 15) is 4.79 Å². The van der Waals surface area contributed by atoms with E-state index in [-0.39, 0.29) is 5.91 Å². The Morgan fingerprint density at radius 2 is 2.25 bits per heavy atom. The summed E-state index contributed by atoms with van der Waals surface area (Å²) in [4.78, 5) is 13.7. The van der Waals surface area contributed by atoms with Crippen molar-refractivity contribution in [1.29, 1.82) is 0 Å². The standard InChI is InChI=1S/C13H16N2O/c1-4-8-15(5-2)13(16)11-9-10(3)6-7-12(11)14/h1,6-7,9H,5,8,14H2,2-3H3. The summed E-state index contributed by atoms with van der Waals surface area (Å²) in [5.74, 6) is 2.36. The third-order valence-corrected chi connectivity index (χ3v) is 2.39. The molecule has 0 fully saturated rings. The van der Waals surface area contributed by atoms with E-state index >= 15 is 0 Å². The Labute approximate surface area is 96.2 Å². The van der Waals surface area contributed by atoms with Crippen molar-refractivity contribution in [3.63, 3.8) is 0 Å². The third-order valence-electron chi connectivity index (χ3n) is 2.39. The van der Waals surface area contributed by atoms with E-state index in [1.807, 2.05) is 19.9 Å². The molecule has 0 aliphatic carbocycles. The molecule has 2 N–H and O–H groups in total. The topological polar surface area (TPSA) is 46.3 Å². The first-order chi connectivity index (χ1) is 7.60. The highest BCUT2D eigenvalue weighted by Crippen LogP contribution is 2.15. The molecular formula is C13H16N2O. The summed E-state index contributed by atoms with van der Waals surface area (Å²) in [5, 5.41) is 0. The molecule has 0 spiro atoms. The molecule has 0 aromatic heterocycles. The van der Waals surface area contributed by atoms with Crippen LogP contribution < -0.4 is 5.73 Å². The fourth-order valence-electron chi connectivity index (χ4n) is 1.46. The Kier molecular flexibility index (Phi) is 3.96. The summed E-state index contributed by atoms with van der Waals surface area (Å²) >= 11 is 0. The molecule has 0 atom stereocenters. The van der Waals surface area contributed by atoms with Gasteiger partial charge in [0.15, 0.2) is 0 Å². The number of carbonyl (C=O) groups excluding carboxylic acids is 1. The van der Waals surface area contributed by atoms with Crippen LogP contribution in [0, 0.1) is 19.3 Å². The van der Waals surface area contributed by atoms with E-state index in [2.05, 4.69) is 5.92 Å². The highest BCUT2D eigenvalue weighted by Gasteiger charge is 2.15. The number of hydrogen-bond acceptors (Lipinski definition) is 2. The van der Waals surface area contributed by atoms with Crippen LogP contribution in [0.3, 0.4) is 0 Å². The predicted octanol–water partition coefficient (Wildman–Crippen LogP) is 1.67. The van der Waals surface area contributed by atoms with E-state index in [0.717, 1.165) is 5.56 Å². The highest BCUT2D eigenvalue weighted by molar-refractivity contribution is 5.99. The summed E-state index contributed by atoms with van der Waals surface area (Å²) in [5.41, 5.74) is 7.81. The van der Waals surface area contributed by atoms with Crippen LogP contribution in [-0.4, -0.2) is 23.9 Å². The first kappa shape index (κ1) is 12.1. The number of terminal acetylenes is 1. The second kappa shape index (κ2) is 5.22. The van der Waals surface area contributed by atoms with Gasteiger partial charge in [0.25, 0.3) is 5.91 Å². The lowest BCUT2D eigenvalue weighted by molar-refractivity contribution is 0.0786. The number of carbonyl (C=O) groups is 1. The average Bonchev–Trinajstić information content (AvgIpc) is 2.28. The highest BCUT2D eigenvalue weighted by atomic mass is 16.2. The van der Waals surface area contributed by atoms with Gasteiger partial charge >= 0.3 is 0 Å².